The highest BCUT2D eigenvalue weighted by atomic mass is 31.2. The van der Waals surface area contributed by atoms with Crippen molar-refractivity contribution < 1.29 is 80.2 Å². The maximum Gasteiger partial charge on any atom is 0.472 e. The van der Waals surface area contributed by atoms with E-state index < -0.39 is 97.5 Å². The standard InChI is InChI=1S/C87H150O17P2/c1-5-9-13-17-21-25-29-33-37-40-44-47-51-55-59-63-67-71-84(89)97-77-82(103-86(91)73-69-65-61-57-53-49-43-36-32-28-24-20-16-12-8-4)79-101-105(93,94)99-75-81(88)76-100-106(95,96)102-80-83(104-87(92)74-70-66-62-58-54-50-46-42-39-35-31-27-23-19-15-11-7-3)78-98-85(90)72-68-64-60-56-52-48-45-41-38-34-30-26-22-18-14-10-6-2/h9-11,13-15,21-23,25-27,33-35,37-39,45,48,81-83,88H,5-8,12,16-20,24,28-32,36,40-44,46-47,49-80H2,1-4H3,(H,93,94)(H,95,96)/b13-9-,14-10-,15-11-,25-21-,26-22-,27-23-,37-33-,38-34-,39-35-,48-45-. The fourth-order valence-electron chi connectivity index (χ4n) is 11.2. The normalized spacial score (nSPS) is 14.4. The van der Waals surface area contributed by atoms with Crippen molar-refractivity contribution in [3.05, 3.63) is 122 Å². The van der Waals surface area contributed by atoms with E-state index in [0.717, 1.165) is 205 Å². The molecular formula is C87H150O17P2. The van der Waals surface area contributed by atoms with Gasteiger partial charge in [0.25, 0.3) is 0 Å². The summed E-state index contributed by atoms with van der Waals surface area (Å²) in [6.07, 6.45) is 87.3. The molecule has 0 aliphatic rings. The average molecular weight is 1530 g/mol. The highest BCUT2D eigenvalue weighted by Crippen LogP contribution is 2.45. The lowest BCUT2D eigenvalue weighted by Crippen LogP contribution is -2.30. The lowest BCUT2D eigenvalue weighted by molar-refractivity contribution is -0.161. The number of esters is 4. The van der Waals surface area contributed by atoms with Crippen LogP contribution in [0.15, 0.2) is 122 Å². The predicted octanol–water partition coefficient (Wildman–Crippen LogP) is 24.7. The van der Waals surface area contributed by atoms with Crippen LogP contribution in [-0.2, 0) is 65.4 Å². The van der Waals surface area contributed by atoms with E-state index >= 15 is 0 Å². The zero-order chi connectivity index (χ0) is 77.4. The Hall–Kier alpha value is -4.54. The van der Waals surface area contributed by atoms with E-state index in [0.29, 0.717) is 25.7 Å². The van der Waals surface area contributed by atoms with Crippen LogP contribution in [0.4, 0.5) is 0 Å². The molecule has 106 heavy (non-hydrogen) atoms. The molecule has 5 unspecified atom stereocenters. The number of aliphatic hydroxyl groups excluding tert-OH is 1. The predicted molar refractivity (Wildman–Crippen MR) is 436 cm³/mol. The van der Waals surface area contributed by atoms with Gasteiger partial charge in [-0.1, -0.05) is 316 Å². The van der Waals surface area contributed by atoms with Crippen LogP contribution in [-0.4, -0.2) is 96.7 Å². The molecule has 0 heterocycles. The number of allylic oxidation sites excluding steroid dienone is 20. The largest absolute Gasteiger partial charge is 0.472 e. The van der Waals surface area contributed by atoms with Gasteiger partial charge in [0.05, 0.1) is 26.4 Å². The van der Waals surface area contributed by atoms with Gasteiger partial charge in [-0.15, -0.1) is 0 Å². The molecule has 0 aliphatic heterocycles. The molecule has 610 valence electrons. The molecular weight excluding hydrogens is 1380 g/mol. The van der Waals surface area contributed by atoms with Gasteiger partial charge in [0.15, 0.2) is 12.2 Å². The van der Waals surface area contributed by atoms with Crippen LogP contribution in [0.2, 0.25) is 0 Å². The van der Waals surface area contributed by atoms with Gasteiger partial charge in [0, 0.05) is 25.7 Å². The van der Waals surface area contributed by atoms with Crippen LogP contribution in [0.1, 0.15) is 349 Å². The Morgan fingerprint density at radius 1 is 0.274 bits per heavy atom. The number of aliphatic hydroxyl groups is 1. The molecule has 3 N–H and O–H groups in total. The second kappa shape index (κ2) is 78.6. The summed E-state index contributed by atoms with van der Waals surface area (Å²) in [5.74, 6) is -2.20. The molecule has 0 fully saturated rings. The van der Waals surface area contributed by atoms with Crippen molar-refractivity contribution in [2.24, 2.45) is 0 Å². The van der Waals surface area contributed by atoms with E-state index in [1.165, 1.54) is 64.2 Å². The number of hydrogen-bond donors (Lipinski definition) is 3. The van der Waals surface area contributed by atoms with Gasteiger partial charge in [0.2, 0.25) is 0 Å². The number of carbonyl (C=O) groups excluding carboxylic acids is 4. The van der Waals surface area contributed by atoms with Crippen molar-refractivity contribution in [2.75, 3.05) is 39.6 Å². The molecule has 0 aromatic heterocycles. The third-order valence-electron chi connectivity index (χ3n) is 17.4. The highest BCUT2D eigenvalue weighted by molar-refractivity contribution is 7.47. The number of ether oxygens (including phenoxy) is 4. The molecule has 0 radical (unpaired) electrons. The van der Waals surface area contributed by atoms with Gasteiger partial charge < -0.3 is 33.8 Å². The molecule has 19 heteroatoms. The lowest BCUT2D eigenvalue weighted by atomic mass is 10.0. The number of phosphoric acid groups is 2. The smallest absolute Gasteiger partial charge is 0.462 e. The van der Waals surface area contributed by atoms with Crippen LogP contribution in [0.25, 0.3) is 0 Å². The summed E-state index contributed by atoms with van der Waals surface area (Å²) in [5.41, 5.74) is 0. The Morgan fingerprint density at radius 2 is 0.491 bits per heavy atom. The van der Waals surface area contributed by atoms with Gasteiger partial charge in [0.1, 0.15) is 19.3 Å². The summed E-state index contributed by atoms with van der Waals surface area (Å²) in [7, 11) is -9.97. The molecule has 0 aromatic carbocycles. The van der Waals surface area contributed by atoms with E-state index in [9.17, 15) is 43.2 Å². The first-order valence-electron chi connectivity index (χ1n) is 41.8. The Bertz CT molecular complexity index is 2480. The summed E-state index contributed by atoms with van der Waals surface area (Å²) in [4.78, 5) is 73.2. The molecule has 0 amide bonds. The molecule has 0 saturated heterocycles. The highest BCUT2D eigenvalue weighted by Gasteiger charge is 2.30. The van der Waals surface area contributed by atoms with E-state index in [2.05, 4.69) is 149 Å². The van der Waals surface area contributed by atoms with Gasteiger partial charge in [-0.25, -0.2) is 9.13 Å². The third-order valence-corrected chi connectivity index (χ3v) is 19.3. The zero-order valence-electron chi connectivity index (χ0n) is 66.8. The van der Waals surface area contributed by atoms with Crippen molar-refractivity contribution in [1.82, 2.24) is 0 Å². The van der Waals surface area contributed by atoms with E-state index in [1.807, 2.05) is 0 Å². The fourth-order valence-corrected chi connectivity index (χ4v) is 12.8. The van der Waals surface area contributed by atoms with Gasteiger partial charge in [-0.2, -0.15) is 0 Å². The Labute approximate surface area is 644 Å². The lowest BCUT2D eigenvalue weighted by Gasteiger charge is -2.21. The zero-order valence-corrected chi connectivity index (χ0v) is 68.6. The summed E-state index contributed by atoms with van der Waals surface area (Å²) in [6.45, 7) is 4.55. The second-order valence-electron chi connectivity index (χ2n) is 27.6. The van der Waals surface area contributed by atoms with Crippen LogP contribution >= 0.6 is 15.6 Å². The van der Waals surface area contributed by atoms with Crippen molar-refractivity contribution >= 4 is 39.5 Å². The SMILES string of the molecule is CC/C=C\C/C=C\C/C=C\C/C=C\CCCCCCC(=O)OCC(COP(=O)(O)OCC(O)COP(=O)(O)OCC(COC(=O)CCCCCCCCC/C=C\C/C=C\C/C=C\CC)OC(=O)CCCCCCCCCCCCCCCCC)OC(=O)CCCCCCCCC/C=C\C/C=C\C/C=C\CC. The van der Waals surface area contributed by atoms with Gasteiger partial charge >= 0.3 is 39.5 Å². The summed E-state index contributed by atoms with van der Waals surface area (Å²) in [5, 5.41) is 10.7. The van der Waals surface area contributed by atoms with Crippen LogP contribution in [0.3, 0.4) is 0 Å². The van der Waals surface area contributed by atoms with Crippen molar-refractivity contribution in [3.8, 4) is 0 Å². The summed E-state index contributed by atoms with van der Waals surface area (Å²) >= 11 is 0. The first-order valence-corrected chi connectivity index (χ1v) is 44.8. The molecule has 5 atom stereocenters. The first kappa shape index (κ1) is 101. The minimum absolute atomic E-state index is 0.0764. The summed E-state index contributed by atoms with van der Waals surface area (Å²) in [6, 6.07) is 0. The number of rotatable bonds is 78. The van der Waals surface area contributed by atoms with Crippen LogP contribution in [0.5, 0.6) is 0 Å². The van der Waals surface area contributed by atoms with Crippen molar-refractivity contribution in [2.45, 2.75) is 367 Å². The first-order chi connectivity index (χ1) is 51.7. The third kappa shape index (κ3) is 77.6. The molecule has 0 saturated carbocycles. The van der Waals surface area contributed by atoms with Crippen LogP contribution < -0.4 is 0 Å². The quantitative estimate of drug-likeness (QED) is 0.0169. The fraction of sp³-hybridized carbons (Fsp3) is 0.724. The maximum atomic E-state index is 13.1. The van der Waals surface area contributed by atoms with E-state index in [-0.39, 0.29) is 25.7 Å². The Morgan fingerprint density at radius 3 is 0.755 bits per heavy atom. The summed E-state index contributed by atoms with van der Waals surface area (Å²) < 4.78 is 68.8. The Kier molecular flexibility index (Phi) is 75.2. The topological polar surface area (TPSA) is 237 Å². The Balaban J connectivity index is 5.39. The van der Waals surface area contributed by atoms with E-state index in [1.54, 1.807) is 0 Å². The number of hydrogen-bond acceptors (Lipinski definition) is 15. The number of carbonyl (C=O) groups is 4. The monoisotopic (exact) mass is 1530 g/mol. The van der Waals surface area contributed by atoms with E-state index in [4.69, 9.17) is 37.0 Å². The molecule has 0 rings (SSSR count). The second-order valence-corrected chi connectivity index (χ2v) is 30.5. The van der Waals surface area contributed by atoms with Crippen molar-refractivity contribution in [3.63, 3.8) is 0 Å². The molecule has 0 spiro atoms. The maximum absolute atomic E-state index is 13.1. The minimum Gasteiger partial charge on any atom is -0.462 e. The number of unbranched alkanes of at least 4 members (excludes halogenated alkanes) is 32. The minimum atomic E-state index is -4.99. The molecule has 0 aliphatic carbocycles. The molecule has 0 bridgehead atoms. The average Bonchev–Trinajstić information content (AvgIpc) is 0.902. The van der Waals surface area contributed by atoms with Crippen molar-refractivity contribution in [1.29, 1.82) is 0 Å². The number of phosphoric ester groups is 2. The van der Waals surface area contributed by atoms with Gasteiger partial charge in [-0.05, 0) is 128 Å². The molecule has 17 nitrogen and oxygen atoms in total. The van der Waals surface area contributed by atoms with Gasteiger partial charge in [-0.3, -0.25) is 37.3 Å². The molecule has 0 aromatic rings. The van der Waals surface area contributed by atoms with Crippen LogP contribution in [0, 0.1) is 0 Å².